The number of fused-ring (bicyclic) bond motifs is 1. The molecule has 0 unspecified atom stereocenters. The van der Waals surface area contributed by atoms with Crippen molar-refractivity contribution in [1.82, 2.24) is 30.4 Å². The molecule has 2 N–H and O–H groups in total. The molecule has 0 aliphatic rings. The molecule has 0 saturated carbocycles. The average Bonchev–Trinajstić information content (AvgIpc) is 3.53. The van der Waals surface area contributed by atoms with Crippen molar-refractivity contribution in [3.8, 4) is 11.3 Å². The number of oxazole rings is 1. The number of rotatable bonds is 7. The summed E-state index contributed by atoms with van der Waals surface area (Å²) in [5.41, 5.74) is 5.85. The molecule has 38 heavy (non-hydrogen) atoms. The third kappa shape index (κ3) is 5.04. The van der Waals surface area contributed by atoms with Crippen LogP contribution in [0.3, 0.4) is 0 Å². The lowest BCUT2D eigenvalue weighted by Crippen LogP contribution is -2.28. The van der Waals surface area contributed by atoms with Gasteiger partial charge in [-0.25, -0.2) is 9.97 Å². The second-order valence-corrected chi connectivity index (χ2v) is 9.28. The van der Waals surface area contributed by atoms with Gasteiger partial charge in [-0.2, -0.15) is 5.10 Å². The number of amides is 2. The Hall–Kier alpha value is -4.79. The summed E-state index contributed by atoms with van der Waals surface area (Å²) < 4.78 is 6.90. The summed E-state index contributed by atoms with van der Waals surface area (Å²) in [5.74, 6) is 0.197. The molecule has 1 atom stereocenters. The first-order valence-electron chi connectivity index (χ1n) is 12.3. The smallest absolute Gasteiger partial charge is 0.252 e. The number of carbonyl (C=O) groups excluding carboxylic acids is 2. The Morgan fingerprint density at radius 2 is 1.89 bits per heavy atom. The van der Waals surface area contributed by atoms with Crippen LogP contribution in [0.4, 0.5) is 0 Å². The zero-order valence-electron chi connectivity index (χ0n) is 21.6. The summed E-state index contributed by atoms with van der Waals surface area (Å²) in [4.78, 5) is 34.8. The van der Waals surface area contributed by atoms with E-state index < -0.39 is 0 Å². The molecule has 0 bridgehead atoms. The number of hydrogen-bond acceptors (Lipinski definition) is 6. The number of aromatic nitrogens is 4. The predicted octanol–water partition coefficient (Wildman–Crippen LogP) is 4.66. The van der Waals surface area contributed by atoms with Gasteiger partial charge in [0.15, 0.2) is 6.39 Å². The number of nitrogens with one attached hydrogen (secondary N) is 2. The molecule has 5 rings (SSSR count). The van der Waals surface area contributed by atoms with Crippen LogP contribution in [0.2, 0.25) is 0 Å². The number of hydrogen-bond donors (Lipinski definition) is 2. The molecule has 9 heteroatoms. The summed E-state index contributed by atoms with van der Waals surface area (Å²) in [6.07, 6.45) is 5.04. The molecule has 192 valence electrons. The van der Waals surface area contributed by atoms with Gasteiger partial charge in [0.1, 0.15) is 11.5 Å². The number of carbonyl (C=O) groups is 2. The van der Waals surface area contributed by atoms with E-state index in [2.05, 4.69) is 20.7 Å². The van der Waals surface area contributed by atoms with E-state index in [-0.39, 0.29) is 24.4 Å². The highest BCUT2D eigenvalue weighted by Gasteiger charge is 2.19. The minimum atomic E-state index is -0.293. The van der Waals surface area contributed by atoms with Crippen LogP contribution in [-0.4, -0.2) is 31.6 Å². The Balaban J connectivity index is 1.35. The highest BCUT2D eigenvalue weighted by atomic mass is 16.3. The molecular weight excluding hydrogens is 480 g/mol. The van der Waals surface area contributed by atoms with Crippen LogP contribution in [-0.2, 0) is 13.6 Å². The molecule has 0 aliphatic carbocycles. The first-order valence-corrected chi connectivity index (χ1v) is 12.3. The quantitative estimate of drug-likeness (QED) is 0.330. The van der Waals surface area contributed by atoms with Crippen molar-refractivity contribution in [1.29, 1.82) is 0 Å². The molecule has 2 amide bonds. The maximum Gasteiger partial charge on any atom is 0.252 e. The van der Waals surface area contributed by atoms with E-state index in [0.717, 1.165) is 27.7 Å². The fourth-order valence-electron chi connectivity index (χ4n) is 4.44. The number of pyridine rings is 1. The van der Waals surface area contributed by atoms with E-state index in [4.69, 9.17) is 9.40 Å². The lowest BCUT2D eigenvalue weighted by Gasteiger charge is -2.18. The minimum absolute atomic E-state index is 0.219. The molecule has 3 heterocycles. The Labute approximate surface area is 219 Å². The molecular formula is C29H28N6O3. The second kappa shape index (κ2) is 10.3. The predicted molar refractivity (Wildman–Crippen MR) is 143 cm³/mol. The van der Waals surface area contributed by atoms with Crippen LogP contribution >= 0.6 is 0 Å². The topological polar surface area (TPSA) is 115 Å². The molecule has 0 spiro atoms. The Morgan fingerprint density at radius 1 is 1.08 bits per heavy atom. The molecule has 0 saturated heterocycles. The number of nitrogens with zero attached hydrogens (tertiary/aromatic N) is 4. The van der Waals surface area contributed by atoms with Gasteiger partial charge >= 0.3 is 0 Å². The second-order valence-electron chi connectivity index (χ2n) is 9.28. The van der Waals surface area contributed by atoms with Gasteiger partial charge in [-0.1, -0.05) is 18.2 Å². The van der Waals surface area contributed by atoms with Crippen LogP contribution < -0.4 is 10.6 Å². The molecule has 0 radical (unpaired) electrons. The molecule has 3 aromatic heterocycles. The zero-order chi connectivity index (χ0) is 26.8. The van der Waals surface area contributed by atoms with Crippen LogP contribution in [0.1, 0.15) is 56.3 Å². The fraction of sp³-hybridized carbons (Fsp3) is 0.207. The van der Waals surface area contributed by atoms with E-state index in [1.807, 2.05) is 57.4 Å². The third-order valence-electron chi connectivity index (χ3n) is 6.56. The lowest BCUT2D eigenvalue weighted by molar-refractivity contribution is 0.0931. The summed E-state index contributed by atoms with van der Waals surface area (Å²) in [6, 6.07) is 14.6. The van der Waals surface area contributed by atoms with E-state index >= 15 is 0 Å². The molecule has 9 nitrogen and oxygen atoms in total. The van der Waals surface area contributed by atoms with E-state index in [0.29, 0.717) is 28.1 Å². The van der Waals surface area contributed by atoms with Gasteiger partial charge in [-0.3, -0.25) is 14.3 Å². The van der Waals surface area contributed by atoms with Crippen molar-refractivity contribution in [3.63, 3.8) is 0 Å². The van der Waals surface area contributed by atoms with Gasteiger partial charge in [-0.05, 0) is 62.2 Å². The maximum atomic E-state index is 13.3. The van der Waals surface area contributed by atoms with Crippen molar-refractivity contribution >= 4 is 22.7 Å². The van der Waals surface area contributed by atoms with Gasteiger partial charge in [0.05, 0.1) is 30.0 Å². The van der Waals surface area contributed by atoms with E-state index in [9.17, 15) is 9.59 Å². The fourth-order valence-corrected chi connectivity index (χ4v) is 4.44. The van der Waals surface area contributed by atoms with Gasteiger partial charge < -0.3 is 15.1 Å². The third-order valence-corrected chi connectivity index (χ3v) is 6.56. The van der Waals surface area contributed by atoms with Crippen LogP contribution in [0, 0.1) is 13.8 Å². The van der Waals surface area contributed by atoms with Gasteiger partial charge in [0, 0.05) is 35.3 Å². The molecule has 2 aromatic carbocycles. The Kier molecular flexibility index (Phi) is 6.74. The van der Waals surface area contributed by atoms with Crippen molar-refractivity contribution in [3.05, 3.63) is 101 Å². The van der Waals surface area contributed by atoms with Crippen LogP contribution in [0.5, 0.6) is 0 Å². The number of benzene rings is 2. The highest BCUT2D eigenvalue weighted by molar-refractivity contribution is 5.99. The van der Waals surface area contributed by atoms with Crippen LogP contribution in [0.25, 0.3) is 22.2 Å². The van der Waals surface area contributed by atoms with Gasteiger partial charge in [0.2, 0.25) is 0 Å². The van der Waals surface area contributed by atoms with Crippen molar-refractivity contribution in [2.45, 2.75) is 33.4 Å². The van der Waals surface area contributed by atoms with E-state index in [1.165, 1.54) is 6.39 Å². The zero-order valence-corrected chi connectivity index (χ0v) is 21.6. The Morgan fingerprint density at radius 3 is 2.61 bits per heavy atom. The lowest BCUT2D eigenvalue weighted by atomic mass is 9.99. The summed E-state index contributed by atoms with van der Waals surface area (Å²) in [5, 5.41) is 11.2. The average molecular weight is 509 g/mol. The monoisotopic (exact) mass is 508 g/mol. The minimum Gasteiger partial charge on any atom is -0.448 e. The summed E-state index contributed by atoms with van der Waals surface area (Å²) >= 11 is 0. The molecule has 0 fully saturated rings. The first-order chi connectivity index (χ1) is 18.3. The number of para-hydroxylation sites is 1. The van der Waals surface area contributed by atoms with E-state index in [1.54, 1.807) is 36.0 Å². The van der Waals surface area contributed by atoms with Crippen LogP contribution in [0.15, 0.2) is 71.7 Å². The normalized spacial score (nSPS) is 11.9. The Bertz CT molecular complexity index is 1650. The van der Waals surface area contributed by atoms with Crippen molar-refractivity contribution in [2.24, 2.45) is 7.05 Å². The highest BCUT2D eigenvalue weighted by Crippen LogP contribution is 2.29. The van der Waals surface area contributed by atoms with Crippen molar-refractivity contribution in [2.75, 3.05) is 0 Å². The first kappa shape index (κ1) is 24.9. The van der Waals surface area contributed by atoms with Gasteiger partial charge in [-0.15, -0.1) is 0 Å². The number of aryl methyl sites for hydroxylation is 3. The standard InChI is InChI=1S/C29H28N6O3/c1-17-11-20(28(36)30-14-27-19(3)38-16-31-27)9-10-22(17)29(37)33-18(2)24-12-26(21-13-32-35(4)15-21)34-25-8-6-5-7-23(24)25/h5-13,15-16,18H,14H2,1-4H3,(H,30,36)(H,33,37)/t18-/m1/s1. The summed E-state index contributed by atoms with van der Waals surface area (Å²) in [7, 11) is 1.86. The maximum absolute atomic E-state index is 13.3. The van der Waals surface area contributed by atoms with Crippen molar-refractivity contribution < 1.29 is 14.0 Å². The SMILES string of the molecule is Cc1cc(C(=O)NCc2ncoc2C)ccc1C(=O)N[C@H](C)c1cc(-c2cnn(C)c2)nc2ccccc12. The molecule has 5 aromatic rings. The molecule has 0 aliphatic heterocycles. The summed E-state index contributed by atoms with van der Waals surface area (Å²) in [6.45, 7) is 5.83. The largest absolute Gasteiger partial charge is 0.448 e. The van der Waals surface area contributed by atoms with Gasteiger partial charge in [0.25, 0.3) is 11.8 Å².